The highest BCUT2D eigenvalue weighted by Crippen LogP contribution is 2.38. The minimum Gasteiger partial charge on any atom is -0.481 e. The van der Waals surface area contributed by atoms with E-state index in [1.807, 2.05) is 36.6 Å². The first-order valence-corrected chi connectivity index (χ1v) is 9.23. The largest absolute Gasteiger partial charge is 0.481 e. The zero-order chi connectivity index (χ0) is 16.4. The van der Waals surface area contributed by atoms with Crippen LogP contribution in [0.5, 0.6) is 0 Å². The highest BCUT2D eigenvalue weighted by atomic mass is 35.5. The van der Waals surface area contributed by atoms with E-state index >= 15 is 0 Å². The first kappa shape index (κ1) is 16.2. The Labute approximate surface area is 146 Å². The maximum absolute atomic E-state index is 11.1. The first-order chi connectivity index (χ1) is 11.1. The molecule has 23 heavy (non-hydrogen) atoms. The van der Waals surface area contributed by atoms with Crippen molar-refractivity contribution in [3.63, 3.8) is 0 Å². The van der Waals surface area contributed by atoms with Crippen LogP contribution in [0.4, 0.5) is 0 Å². The standard InChI is InChI=1S/C17H13ClO3S2/c1-22-12-4-2-10(3-5-12)13-8-11(9-16(19)20)17(21-13)14-6-7-15(18)23-14/h2-8H,9H2,1H3,(H,19,20). The topological polar surface area (TPSA) is 50.4 Å². The van der Waals surface area contributed by atoms with Gasteiger partial charge in [0.1, 0.15) is 11.5 Å². The number of hydrogen-bond acceptors (Lipinski definition) is 4. The minimum absolute atomic E-state index is 0.0861. The van der Waals surface area contributed by atoms with Gasteiger partial charge in [0.05, 0.1) is 15.6 Å². The molecule has 118 valence electrons. The quantitative estimate of drug-likeness (QED) is 0.592. The monoisotopic (exact) mass is 364 g/mol. The van der Waals surface area contributed by atoms with Crippen LogP contribution in [-0.2, 0) is 11.2 Å². The number of thioether (sulfide) groups is 1. The van der Waals surface area contributed by atoms with Gasteiger partial charge in [0.15, 0.2) is 0 Å². The molecule has 0 aliphatic rings. The van der Waals surface area contributed by atoms with E-state index in [4.69, 9.17) is 21.1 Å². The molecular formula is C17H13ClO3S2. The van der Waals surface area contributed by atoms with E-state index in [0.717, 1.165) is 15.3 Å². The van der Waals surface area contributed by atoms with Crippen LogP contribution in [0.1, 0.15) is 5.56 Å². The minimum atomic E-state index is -0.890. The third-order valence-electron chi connectivity index (χ3n) is 3.32. The number of carboxylic acids is 1. The summed E-state index contributed by atoms with van der Waals surface area (Å²) in [6.45, 7) is 0. The number of thiophene rings is 1. The lowest BCUT2D eigenvalue weighted by atomic mass is 10.1. The zero-order valence-electron chi connectivity index (χ0n) is 12.2. The number of aliphatic carboxylic acids is 1. The van der Waals surface area contributed by atoms with Crippen LogP contribution in [0.25, 0.3) is 22.0 Å². The van der Waals surface area contributed by atoms with Crippen molar-refractivity contribution in [2.45, 2.75) is 11.3 Å². The number of benzene rings is 1. The van der Waals surface area contributed by atoms with Gasteiger partial charge < -0.3 is 9.52 Å². The average molecular weight is 365 g/mol. The molecule has 0 amide bonds. The van der Waals surface area contributed by atoms with E-state index < -0.39 is 5.97 Å². The molecule has 0 aliphatic carbocycles. The fourth-order valence-corrected chi connectivity index (χ4v) is 3.73. The Morgan fingerprint density at radius 2 is 2.00 bits per heavy atom. The molecular weight excluding hydrogens is 352 g/mol. The van der Waals surface area contributed by atoms with Crippen molar-refractivity contribution in [2.75, 3.05) is 6.26 Å². The van der Waals surface area contributed by atoms with Crippen LogP contribution >= 0.6 is 34.7 Å². The number of hydrogen-bond donors (Lipinski definition) is 1. The van der Waals surface area contributed by atoms with E-state index in [0.29, 0.717) is 21.4 Å². The molecule has 2 heterocycles. The second kappa shape index (κ2) is 6.83. The third kappa shape index (κ3) is 3.63. The molecule has 0 fully saturated rings. The molecule has 0 saturated carbocycles. The van der Waals surface area contributed by atoms with Gasteiger partial charge in [0, 0.05) is 16.0 Å². The molecule has 0 radical (unpaired) electrons. The summed E-state index contributed by atoms with van der Waals surface area (Å²) in [5.74, 6) is 0.348. The Balaban J connectivity index is 2.04. The molecule has 0 saturated heterocycles. The van der Waals surface area contributed by atoms with Gasteiger partial charge in [-0.3, -0.25) is 4.79 Å². The molecule has 0 atom stereocenters. The van der Waals surface area contributed by atoms with Crippen molar-refractivity contribution in [1.29, 1.82) is 0 Å². The lowest BCUT2D eigenvalue weighted by Crippen LogP contribution is -1.99. The van der Waals surface area contributed by atoms with Gasteiger partial charge in [0.25, 0.3) is 0 Å². The highest BCUT2D eigenvalue weighted by molar-refractivity contribution is 7.98. The van der Waals surface area contributed by atoms with Gasteiger partial charge in [-0.05, 0) is 36.6 Å². The first-order valence-electron chi connectivity index (χ1n) is 6.81. The van der Waals surface area contributed by atoms with Crippen molar-refractivity contribution in [3.05, 3.63) is 52.4 Å². The molecule has 1 aromatic carbocycles. The summed E-state index contributed by atoms with van der Waals surface area (Å²) in [4.78, 5) is 13.1. The second-order valence-corrected chi connectivity index (χ2v) is 7.46. The van der Waals surface area contributed by atoms with E-state index in [-0.39, 0.29) is 6.42 Å². The summed E-state index contributed by atoms with van der Waals surface area (Å²) in [5, 5.41) is 9.12. The van der Waals surface area contributed by atoms with Crippen molar-refractivity contribution in [2.24, 2.45) is 0 Å². The SMILES string of the molecule is CSc1ccc(-c2cc(CC(=O)O)c(-c3ccc(Cl)s3)o2)cc1. The Morgan fingerprint density at radius 3 is 2.57 bits per heavy atom. The summed E-state index contributed by atoms with van der Waals surface area (Å²) in [7, 11) is 0. The molecule has 3 nitrogen and oxygen atoms in total. The lowest BCUT2D eigenvalue weighted by Gasteiger charge is -1.99. The number of rotatable bonds is 5. The van der Waals surface area contributed by atoms with Crippen molar-refractivity contribution >= 4 is 40.7 Å². The number of furan rings is 1. The van der Waals surface area contributed by atoms with Crippen LogP contribution in [0.15, 0.2) is 51.8 Å². The van der Waals surface area contributed by atoms with Crippen molar-refractivity contribution < 1.29 is 14.3 Å². The van der Waals surface area contributed by atoms with Crippen molar-refractivity contribution in [3.8, 4) is 22.0 Å². The molecule has 2 aromatic heterocycles. The molecule has 0 bridgehead atoms. The maximum atomic E-state index is 11.1. The highest BCUT2D eigenvalue weighted by Gasteiger charge is 2.18. The molecule has 3 aromatic rings. The number of halogens is 1. The summed E-state index contributed by atoms with van der Waals surface area (Å²) in [6.07, 6.45) is 1.93. The Morgan fingerprint density at radius 1 is 1.26 bits per heavy atom. The van der Waals surface area contributed by atoms with Gasteiger partial charge in [-0.1, -0.05) is 23.7 Å². The van der Waals surface area contributed by atoms with Crippen LogP contribution in [0.3, 0.4) is 0 Å². The maximum Gasteiger partial charge on any atom is 0.307 e. The Bertz CT molecular complexity index is 834. The number of carbonyl (C=O) groups is 1. The fraction of sp³-hybridized carbons (Fsp3) is 0.118. The summed E-state index contributed by atoms with van der Waals surface area (Å²) in [5.41, 5.74) is 1.57. The molecule has 0 unspecified atom stereocenters. The van der Waals surface area contributed by atoms with Crippen LogP contribution < -0.4 is 0 Å². The predicted molar refractivity (Wildman–Crippen MR) is 95.6 cm³/mol. The molecule has 1 N–H and O–H groups in total. The number of carboxylic acid groups (broad SMARTS) is 1. The average Bonchev–Trinajstić information content (AvgIpc) is 3.13. The Hall–Kier alpha value is -1.69. The fourth-order valence-electron chi connectivity index (χ4n) is 2.27. The second-order valence-electron chi connectivity index (χ2n) is 4.87. The van der Waals surface area contributed by atoms with E-state index in [1.165, 1.54) is 11.3 Å². The molecule has 6 heteroatoms. The summed E-state index contributed by atoms with van der Waals surface area (Å²) >= 11 is 9.02. The van der Waals surface area contributed by atoms with Gasteiger partial charge in [-0.2, -0.15) is 0 Å². The van der Waals surface area contributed by atoms with Gasteiger partial charge in [0.2, 0.25) is 0 Å². The zero-order valence-corrected chi connectivity index (χ0v) is 14.6. The summed E-state index contributed by atoms with van der Waals surface area (Å²) < 4.78 is 6.60. The third-order valence-corrected chi connectivity index (χ3v) is 5.30. The van der Waals surface area contributed by atoms with E-state index in [2.05, 4.69) is 0 Å². The van der Waals surface area contributed by atoms with Crippen LogP contribution in [-0.4, -0.2) is 17.3 Å². The lowest BCUT2D eigenvalue weighted by molar-refractivity contribution is -0.136. The normalized spacial score (nSPS) is 10.9. The van der Waals surface area contributed by atoms with Crippen LogP contribution in [0, 0.1) is 0 Å². The van der Waals surface area contributed by atoms with E-state index in [1.54, 1.807) is 23.9 Å². The van der Waals surface area contributed by atoms with Gasteiger partial charge in [-0.15, -0.1) is 23.1 Å². The van der Waals surface area contributed by atoms with E-state index in [9.17, 15) is 4.79 Å². The predicted octanol–water partition coefficient (Wildman–Crippen LogP) is 5.68. The smallest absolute Gasteiger partial charge is 0.307 e. The molecule has 0 spiro atoms. The summed E-state index contributed by atoms with van der Waals surface area (Å²) in [6, 6.07) is 13.4. The van der Waals surface area contributed by atoms with Gasteiger partial charge >= 0.3 is 5.97 Å². The van der Waals surface area contributed by atoms with Crippen LogP contribution in [0.2, 0.25) is 4.34 Å². The van der Waals surface area contributed by atoms with Gasteiger partial charge in [-0.25, -0.2) is 0 Å². The molecule has 3 rings (SSSR count). The van der Waals surface area contributed by atoms with Crippen molar-refractivity contribution in [1.82, 2.24) is 0 Å². The molecule has 0 aliphatic heterocycles. The Kier molecular flexibility index (Phi) is 4.80.